The van der Waals surface area contributed by atoms with Crippen molar-refractivity contribution in [2.45, 2.75) is 45.4 Å². The second-order valence-corrected chi connectivity index (χ2v) is 7.86. The van der Waals surface area contributed by atoms with Crippen molar-refractivity contribution in [3.63, 3.8) is 0 Å². The molecule has 1 aliphatic heterocycles. The topological polar surface area (TPSA) is 66.8 Å². The minimum Gasteiger partial charge on any atom is -0.476 e. The van der Waals surface area contributed by atoms with Gasteiger partial charge in [0.25, 0.3) is 0 Å². The van der Waals surface area contributed by atoms with Crippen LogP contribution >= 0.6 is 0 Å². The molecule has 0 spiro atoms. The van der Waals surface area contributed by atoms with Crippen LogP contribution < -0.4 is 4.90 Å². The maximum atomic E-state index is 13.6. The average molecular weight is 417 g/mol. The van der Waals surface area contributed by atoms with Gasteiger partial charge in [-0.15, -0.1) is 0 Å². The van der Waals surface area contributed by atoms with Crippen molar-refractivity contribution >= 4 is 23.7 Å². The summed E-state index contributed by atoms with van der Waals surface area (Å²) in [4.78, 5) is 24.6. The van der Waals surface area contributed by atoms with E-state index >= 15 is 0 Å². The Kier molecular flexibility index (Phi) is 6.60. The molecule has 1 heterocycles. The van der Waals surface area contributed by atoms with Crippen LogP contribution in [0.15, 0.2) is 24.0 Å². The molecule has 9 heteroatoms. The fourth-order valence-corrected chi connectivity index (χ4v) is 3.06. The summed E-state index contributed by atoms with van der Waals surface area (Å²) in [5.41, 5.74) is -1.47. The monoisotopic (exact) mass is 417 g/mol. The molecule has 1 N–H and O–H groups in total. The molecule has 0 unspecified atom stereocenters. The highest BCUT2D eigenvalue weighted by Crippen LogP contribution is 2.36. The fourth-order valence-electron chi connectivity index (χ4n) is 3.06. The first-order valence-electron chi connectivity index (χ1n) is 9.07. The first-order chi connectivity index (χ1) is 13.3. The van der Waals surface area contributed by atoms with Gasteiger partial charge in [0.15, 0.2) is 0 Å². The van der Waals surface area contributed by atoms with Crippen LogP contribution in [0.25, 0.3) is 6.08 Å². The Bertz CT molecular complexity index is 804. The summed E-state index contributed by atoms with van der Waals surface area (Å²) in [5, 5.41) is 8.73. The molecule has 1 aromatic carbocycles. The maximum Gasteiger partial charge on any atom is 0.416 e. The molecule has 0 bridgehead atoms. The van der Waals surface area contributed by atoms with E-state index in [1.165, 1.54) is 0 Å². The summed E-state index contributed by atoms with van der Waals surface area (Å²) in [6.45, 7) is 5.75. The number of carbonyl (C=O) groups excluding carboxylic acids is 1. The molecule has 2 rings (SSSR count). The minimum absolute atomic E-state index is 0.0219. The highest BCUT2D eigenvalue weighted by molar-refractivity contribution is 5.91. The van der Waals surface area contributed by atoms with Gasteiger partial charge in [0.2, 0.25) is 5.83 Å². The summed E-state index contributed by atoms with van der Waals surface area (Å²) in [5.74, 6) is -4.03. The first-order valence-corrected chi connectivity index (χ1v) is 9.07. The van der Waals surface area contributed by atoms with Crippen molar-refractivity contribution < 1.29 is 37.0 Å². The van der Waals surface area contributed by atoms with Gasteiger partial charge >= 0.3 is 18.1 Å². The Morgan fingerprint density at radius 2 is 1.76 bits per heavy atom. The van der Waals surface area contributed by atoms with Crippen molar-refractivity contribution in [2.24, 2.45) is 5.92 Å². The average Bonchev–Trinajstić information content (AvgIpc) is 2.59. The highest BCUT2D eigenvalue weighted by Gasteiger charge is 2.33. The van der Waals surface area contributed by atoms with Gasteiger partial charge < -0.3 is 14.7 Å². The quantitative estimate of drug-likeness (QED) is 0.439. The van der Waals surface area contributed by atoms with E-state index in [0.717, 1.165) is 18.2 Å². The third kappa shape index (κ3) is 6.20. The molecule has 0 aromatic heterocycles. The SMILES string of the molecule is CC(C)(C)OC(=O)C1CCN(c2cc(C(F)(F)F)ccc2/C=C(\F)C(=O)O)CC1. The number of hydrogen-bond acceptors (Lipinski definition) is 4. The molecule has 1 aliphatic rings. The molecule has 0 saturated carbocycles. The number of esters is 1. The number of rotatable bonds is 4. The number of piperidine rings is 1. The molecule has 1 saturated heterocycles. The zero-order valence-electron chi connectivity index (χ0n) is 16.3. The van der Waals surface area contributed by atoms with Crippen LogP contribution in [0, 0.1) is 5.92 Å². The van der Waals surface area contributed by atoms with Crippen LogP contribution in [0.4, 0.5) is 23.2 Å². The smallest absolute Gasteiger partial charge is 0.416 e. The first kappa shape index (κ1) is 22.7. The zero-order valence-corrected chi connectivity index (χ0v) is 16.3. The van der Waals surface area contributed by atoms with Crippen LogP contribution in [0.3, 0.4) is 0 Å². The van der Waals surface area contributed by atoms with Crippen molar-refractivity contribution in [1.82, 2.24) is 0 Å². The lowest BCUT2D eigenvalue weighted by Gasteiger charge is -2.35. The van der Waals surface area contributed by atoms with E-state index in [9.17, 15) is 27.2 Å². The number of carboxylic acid groups (broad SMARTS) is 1. The Hall–Kier alpha value is -2.58. The zero-order chi connectivity index (χ0) is 22.0. The number of aliphatic carboxylic acids is 1. The summed E-state index contributed by atoms with van der Waals surface area (Å²) in [6.07, 6.45) is -3.19. The third-order valence-electron chi connectivity index (χ3n) is 4.42. The van der Waals surface area contributed by atoms with E-state index in [2.05, 4.69) is 0 Å². The van der Waals surface area contributed by atoms with Crippen molar-refractivity contribution in [3.05, 3.63) is 35.2 Å². The lowest BCUT2D eigenvalue weighted by Crippen LogP contribution is -2.39. The maximum absolute atomic E-state index is 13.6. The largest absolute Gasteiger partial charge is 0.476 e. The lowest BCUT2D eigenvalue weighted by atomic mass is 9.95. The van der Waals surface area contributed by atoms with Gasteiger partial charge in [0.05, 0.1) is 11.5 Å². The van der Waals surface area contributed by atoms with Gasteiger partial charge in [-0.05, 0) is 51.8 Å². The molecule has 1 fully saturated rings. The van der Waals surface area contributed by atoms with Gasteiger partial charge in [0.1, 0.15) is 5.60 Å². The molecular formula is C20H23F4NO4. The van der Waals surface area contributed by atoms with Crippen LogP contribution in [0.2, 0.25) is 0 Å². The number of nitrogens with zero attached hydrogens (tertiary/aromatic N) is 1. The molecule has 0 aliphatic carbocycles. The molecule has 0 amide bonds. The number of anilines is 1. The summed E-state index contributed by atoms with van der Waals surface area (Å²) in [7, 11) is 0. The van der Waals surface area contributed by atoms with Crippen LogP contribution in [0.5, 0.6) is 0 Å². The Morgan fingerprint density at radius 1 is 1.17 bits per heavy atom. The number of alkyl halides is 3. The Morgan fingerprint density at radius 3 is 2.24 bits per heavy atom. The predicted molar refractivity (Wildman–Crippen MR) is 98.9 cm³/mol. The van der Waals surface area contributed by atoms with Gasteiger partial charge in [-0.2, -0.15) is 17.6 Å². The summed E-state index contributed by atoms with van der Waals surface area (Å²) in [6, 6.07) is 2.69. The minimum atomic E-state index is -4.60. The molecule has 1 aromatic rings. The number of halogens is 4. The normalized spacial score (nSPS) is 16.7. The van der Waals surface area contributed by atoms with Crippen molar-refractivity contribution in [3.8, 4) is 0 Å². The number of benzene rings is 1. The van der Waals surface area contributed by atoms with E-state index in [0.29, 0.717) is 18.9 Å². The van der Waals surface area contributed by atoms with E-state index < -0.39 is 29.1 Å². The van der Waals surface area contributed by atoms with E-state index in [1.807, 2.05) is 0 Å². The molecule has 29 heavy (non-hydrogen) atoms. The lowest BCUT2D eigenvalue weighted by molar-refractivity contribution is -0.160. The Balaban J connectivity index is 2.27. The second kappa shape index (κ2) is 8.42. The number of hydrogen-bond donors (Lipinski definition) is 1. The summed E-state index contributed by atoms with van der Waals surface area (Å²) < 4.78 is 58.3. The highest BCUT2D eigenvalue weighted by atomic mass is 19.4. The van der Waals surface area contributed by atoms with Crippen molar-refractivity contribution in [1.29, 1.82) is 0 Å². The van der Waals surface area contributed by atoms with Gasteiger partial charge in [-0.25, -0.2) is 4.79 Å². The molecular weight excluding hydrogens is 394 g/mol. The van der Waals surface area contributed by atoms with E-state index in [4.69, 9.17) is 9.84 Å². The number of carboxylic acids is 1. The van der Waals surface area contributed by atoms with Crippen LogP contribution in [-0.4, -0.2) is 35.7 Å². The van der Waals surface area contributed by atoms with Gasteiger partial charge in [-0.1, -0.05) is 6.07 Å². The second-order valence-electron chi connectivity index (χ2n) is 7.86. The van der Waals surface area contributed by atoms with Crippen molar-refractivity contribution in [2.75, 3.05) is 18.0 Å². The molecule has 0 atom stereocenters. The summed E-state index contributed by atoms with van der Waals surface area (Å²) >= 11 is 0. The number of ether oxygens (including phenoxy) is 1. The fraction of sp³-hybridized carbons (Fsp3) is 0.500. The third-order valence-corrected chi connectivity index (χ3v) is 4.42. The van der Waals surface area contributed by atoms with Crippen LogP contribution in [0.1, 0.15) is 44.7 Å². The standard InChI is InChI=1S/C20H23F4NO4/c1-19(2,3)29-18(28)12-6-8-25(9-7-12)16-11-14(20(22,23)24)5-4-13(16)10-15(21)17(26)27/h4-5,10-12H,6-9H2,1-3H3,(H,26,27)/b15-10-. The predicted octanol–water partition coefficient (Wildman–Crippen LogP) is 4.66. The van der Waals surface area contributed by atoms with Gasteiger partial charge in [-0.3, -0.25) is 4.79 Å². The Labute approximate surface area is 165 Å². The van der Waals surface area contributed by atoms with E-state index in [1.54, 1.807) is 25.7 Å². The molecule has 160 valence electrons. The van der Waals surface area contributed by atoms with Gasteiger partial charge in [0, 0.05) is 24.3 Å². The molecule has 0 radical (unpaired) electrons. The van der Waals surface area contributed by atoms with Crippen LogP contribution in [-0.2, 0) is 20.5 Å². The van der Waals surface area contributed by atoms with E-state index in [-0.39, 0.29) is 36.2 Å². The number of carbonyl (C=O) groups is 2. The molecule has 5 nitrogen and oxygen atoms in total.